The lowest BCUT2D eigenvalue weighted by molar-refractivity contribution is -0.123. The predicted octanol–water partition coefficient (Wildman–Crippen LogP) is 6.60. The van der Waals surface area contributed by atoms with Crippen LogP contribution in [0.5, 0.6) is 11.5 Å². The van der Waals surface area contributed by atoms with Crippen LogP contribution in [0.4, 0.5) is 4.79 Å². The molecule has 0 saturated carbocycles. The van der Waals surface area contributed by atoms with Crippen molar-refractivity contribution in [1.82, 2.24) is 4.90 Å². The molecule has 0 unspecified atom stereocenters. The highest BCUT2D eigenvalue weighted by Gasteiger charge is 2.35. The molecule has 2 amide bonds. The minimum Gasteiger partial charge on any atom is -0.490 e. The summed E-state index contributed by atoms with van der Waals surface area (Å²) in [5.41, 5.74) is 2.64. The van der Waals surface area contributed by atoms with Crippen molar-refractivity contribution in [2.24, 2.45) is 0 Å². The van der Waals surface area contributed by atoms with Crippen LogP contribution in [0.25, 0.3) is 16.8 Å². The fourth-order valence-electron chi connectivity index (χ4n) is 4.03. The average Bonchev–Trinajstić information content (AvgIpc) is 3.09. The summed E-state index contributed by atoms with van der Waals surface area (Å²) in [7, 11) is 0. The second-order valence-corrected chi connectivity index (χ2v) is 8.77. The lowest BCUT2D eigenvalue weighted by Crippen LogP contribution is -2.27. The molecule has 1 heterocycles. The van der Waals surface area contributed by atoms with Crippen LogP contribution >= 0.6 is 11.8 Å². The molecule has 6 heteroatoms. The van der Waals surface area contributed by atoms with Gasteiger partial charge < -0.3 is 9.47 Å². The molecule has 0 radical (unpaired) electrons. The van der Waals surface area contributed by atoms with Crippen LogP contribution in [-0.2, 0) is 17.8 Å². The van der Waals surface area contributed by atoms with E-state index in [4.69, 9.17) is 9.47 Å². The predicted molar refractivity (Wildman–Crippen MR) is 138 cm³/mol. The summed E-state index contributed by atoms with van der Waals surface area (Å²) in [6.45, 7) is 8.90. The monoisotopic (exact) mass is 473 g/mol. The van der Waals surface area contributed by atoms with Gasteiger partial charge in [0.1, 0.15) is 0 Å². The summed E-state index contributed by atoms with van der Waals surface area (Å²) in [5.74, 6) is 1.01. The standard InChI is InChI=1S/C28H27NO4S/c1-4-10-21-15-19(16-24(32-5-2)26(21)33-6-3)17-25-27(30)29(28(31)34-25)18-22-13-9-12-20-11-7-8-14-23(20)22/h4,7-9,11-17H,1,5-6,10,18H2,2-3H3/b25-17-. The molecule has 0 aromatic heterocycles. The molecule has 174 valence electrons. The number of hydrogen-bond donors (Lipinski definition) is 0. The van der Waals surface area contributed by atoms with Gasteiger partial charge in [0.2, 0.25) is 0 Å². The van der Waals surface area contributed by atoms with Gasteiger partial charge in [0.25, 0.3) is 11.1 Å². The van der Waals surface area contributed by atoms with Gasteiger partial charge in [-0.2, -0.15) is 0 Å². The molecule has 3 aromatic rings. The number of hydrogen-bond acceptors (Lipinski definition) is 5. The van der Waals surface area contributed by atoms with Crippen molar-refractivity contribution in [2.75, 3.05) is 13.2 Å². The second-order valence-electron chi connectivity index (χ2n) is 7.77. The van der Waals surface area contributed by atoms with Crippen molar-refractivity contribution in [3.05, 3.63) is 88.8 Å². The SMILES string of the molecule is C=CCc1cc(/C=C2\SC(=O)N(Cc3cccc4ccccc34)C2=O)cc(OCC)c1OCC. The first-order valence-electron chi connectivity index (χ1n) is 11.3. The first-order chi connectivity index (χ1) is 16.5. The molecule has 0 atom stereocenters. The highest BCUT2D eigenvalue weighted by molar-refractivity contribution is 8.18. The molecule has 5 nitrogen and oxygen atoms in total. The number of ether oxygens (including phenoxy) is 2. The van der Waals surface area contributed by atoms with Gasteiger partial charge in [0.05, 0.1) is 24.7 Å². The van der Waals surface area contributed by atoms with E-state index < -0.39 is 0 Å². The van der Waals surface area contributed by atoms with E-state index in [-0.39, 0.29) is 17.7 Å². The van der Waals surface area contributed by atoms with Crippen molar-refractivity contribution in [3.63, 3.8) is 0 Å². The first kappa shape index (κ1) is 23.6. The van der Waals surface area contributed by atoms with Crippen LogP contribution in [0.1, 0.15) is 30.5 Å². The molecule has 3 aromatic carbocycles. The van der Waals surface area contributed by atoms with E-state index in [0.29, 0.717) is 36.0 Å². The van der Waals surface area contributed by atoms with Gasteiger partial charge in [-0.25, -0.2) is 0 Å². The minimum absolute atomic E-state index is 0.235. The number of benzene rings is 3. The van der Waals surface area contributed by atoms with Crippen molar-refractivity contribution >= 4 is 39.8 Å². The highest BCUT2D eigenvalue weighted by atomic mass is 32.2. The number of carbonyl (C=O) groups excluding carboxylic acids is 2. The molecule has 0 spiro atoms. The number of carbonyl (C=O) groups is 2. The fraction of sp³-hybridized carbons (Fsp3) is 0.214. The second kappa shape index (κ2) is 10.6. The third-order valence-corrected chi connectivity index (χ3v) is 6.39. The molecule has 1 aliphatic rings. The largest absolute Gasteiger partial charge is 0.490 e. The summed E-state index contributed by atoms with van der Waals surface area (Å²) in [4.78, 5) is 27.7. The normalized spacial score (nSPS) is 14.8. The average molecular weight is 474 g/mol. The number of thioether (sulfide) groups is 1. The van der Waals surface area contributed by atoms with Crippen LogP contribution in [0, 0.1) is 0 Å². The van der Waals surface area contributed by atoms with E-state index in [0.717, 1.165) is 39.2 Å². The Hall–Kier alpha value is -3.51. The number of rotatable bonds is 9. The van der Waals surface area contributed by atoms with Crippen molar-refractivity contribution < 1.29 is 19.1 Å². The van der Waals surface area contributed by atoms with E-state index in [1.807, 2.05) is 68.4 Å². The number of amides is 2. The number of nitrogens with zero attached hydrogens (tertiary/aromatic N) is 1. The van der Waals surface area contributed by atoms with E-state index in [1.165, 1.54) is 4.90 Å². The number of imide groups is 1. The molecule has 0 N–H and O–H groups in total. The Balaban J connectivity index is 1.65. The molecule has 0 bridgehead atoms. The Morgan fingerprint density at radius 1 is 0.971 bits per heavy atom. The molecule has 0 aliphatic carbocycles. The van der Waals surface area contributed by atoms with Crippen LogP contribution < -0.4 is 9.47 Å². The summed E-state index contributed by atoms with van der Waals surface area (Å²) in [6.07, 6.45) is 4.15. The summed E-state index contributed by atoms with van der Waals surface area (Å²) >= 11 is 0.960. The van der Waals surface area contributed by atoms with Crippen molar-refractivity contribution in [2.45, 2.75) is 26.8 Å². The molecular weight excluding hydrogens is 446 g/mol. The quantitative estimate of drug-likeness (QED) is 0.259. The lowest BCUT2D eigenvalue weighted by Gasteiger charge is -2.16. The third kappa shape index (κ3) is 4.87. The maximum atomic E-state index is 13.2. The first-order valence-corrected chi connectivity index (χ1v) is 12.1. The highest BCUT2D eigenvalue weighted by Crippen LogP contribution is 2.38. The van der Waals surface area contributed by atoms with Crippen LogP contribution in [-0.4, -0.2) is 29.3 Å². The Kier molecular flexibility index (Phi) is 7.38. The molecule has 1 aliphatic heterocycles. The molecule has 1 fully saturated rings. The van der Waals surface area contributed by atoms with Crippen molar-refractivity contribution in [3.8, 4) is 11.5 Å². The topological polar surface area (TPSA) is 55.8 Å². The molecular formula is C28H27NO4S. The molecule has 4 rings (SSSR count). The van der Waals surface area contributed by atoms with E-state index >= 15 is 0 Å². The van der Waals surface area contributed by atoms with Gasteiger partial charge in [0.15, 0.2) is 11.5 Å². The smallest absolute Gasteiger partial charge is 0.293 e. The maximum Gasteiger partial charge on any atom is 0.293 e. The molecule has 1 saturated heterocycles. The third-order valence-electron chi connectivity index (χ3n) is 5.49. The Labute approximate surface area is 204 Å². The van der Waals surface area contributed by atoms with E-state index in [1.54, 1.807) is 12.2 Å². The van der Waals surface area contributed by atoms with E-state index in [9.17, 15) is 9.59 Å². The van der Waals surface area contributed by atoms with Gasteiger partial charge in [-0.1, -0.05) is 48.5 Å². The van der Waals surface area contributed by atoms with Crippen LogP contribution in [0.15, 0.2) is 72.2 Å². The Morgan fingerprint density at radius 2 is 1.74 bits per heavy atom. The number of allylic oxidation sites excluding steroid dienone is 1. The van der Waals surface area contributed by atoms with E-state index in [2.05, 4.69) is 6.58 Å². The van der Waals surface area contributed by atoms with Crippen molar-refractivity contribution in [1.29, 1.82) is 0 Å². The van der Waals surface area contributed by atoms with Crippen LogP contribution in [0.2, 0.25) is 0 Å². The Morgan fingerprint density at radius 3 is 2.50 bits per heavy atom. The summed E-state index contributed by atoms with van der Waals surface area (Å²) in [5, 5.41) is 1.84. The fourth-order valence-corrected chi connectivity index (χ4v) is 4.87. The van der Waals surface area contributed by atoms with Gasteiger partial charge in [-0.05, 0) is 72.1 Å². The maximum absolute atomic E-state index is 13.2. The lowest BCUT2D eigenvalue weighted by atomic mass is 10.0. The van der Waals surface area contributed by atoms with Gasteiger partial charge >= 0.3 is 0 Å². The van der Waals surface area contributed by atoms with Crippen LogP contribution in [0.3, 0.4) is 0 Å². The minimum atomic E-state index is -0.292. The zero-order valence-electron chi connectivity index (χ0n) is 19.4. The van der Waals surface area contributed by atoms with Gasteiger partial charge in [-0.15, -0.1) is 6.58 Å². The molecule has 34 heavy (non-hydrogen) atoms. The Bertz CT molecular complexity index is 1280. The zero-order chi connectivity index (χ0) is 24.1. The summed E-state index contributed by atoms with van der Waals surface area (Å²) in [6, 6.07) is 17.7. The summed E-state index contributed by atoms with van der Waals surface area (Å²) < 4.78 is 11.6. The van der Waals surface area contributed by atoms with Gasteiger partial charge in [-0.3, -0.25) is 14.5 Å². The number of fused-ring (bicyclic) bond motifs is 1. The zero-order valence-corrected chi connectivity index (χ0v) is 20.2. The van der Waals surface area contributed by atoms with Gasteiger partial charge in [0, 0.05) is 5.56 Å².